The predicted octanol–water partition coefficient (Wildman–Crippen LogP) is 5.64. The molecule has 2 aromatic carbocycles. The summed E-state index contributed by atoms with van der Waals surface area (Å²) in [6, 6.07) is 10.1. The normalized spacial score (nSPS) is 14.7. The number of hydrogen-bond donors (Lipinski definition) is 1. The average molecular weight is 437 g/mol. The van der Waals surface area contributed by atoms with E-state index in [-0.39, 0.29) is 11.5 Å². The molecular formula is C22H20ClF3N2O2. The van der Waals surface area contributed by atoms with Crippen molar-refractivity contribution in [1.29, 1.82) is 0 Å². The van der Waals surface area contributed by atoms with Crippen molar-refractivity contribution >= 4 is 35.2 Å². The van der Waals surface area contributed by atoms with Crippen LogP contribution in [0.5, 0.6) is 0 Å². The minimum Gasteiger partial charge on any atom is -0.339 e. The molecule has 0 spiro atoms. The molecule has 2 amide bonds. The molecule has 1 saturated heterocycles. The van der Waals surface area contributed by atoms with Gasteiger partial charge in [-0.2, -0.15) is 13.2 Å². The number of carbonyl (C=O) groups is 2. The van der Waals surface area contributed by atoms with Crippen LogP contribution < -0.4 is 5.32 Å². The van der Waals surface area contributed by atoms with E-state index < -0.39 is 22.7 Å². The Bertz CT molecular complexity index is 967. The summed E-state index contributed by atoms with van der Waals surface area (Å²) in [5.74, 6) is -0.709. The molecule has 158 valence electrons. The van der Waals surface area contributed by atoms with Crippen LogP contribution in [0.25, 0.3) is 6.08 Å². The number of rotatable bonds is 4. The van der Waals surface area contributed by atoms with Gasteiger partial charge in [-0.25, -0.2) is 0 Å². The number of para-hydroxylation sites is 1. The van der Waals surface area contributed by atoms with E-state index in [1.165, 1.54) is 12.1 Å². The second kappa shape index (κ2) is 9.34. The van der Waals surface area contributed by atoms with Crippen LogP contribution in [-0.2, 0) is 11.0 Å². The molecule has 30 heavy (non-hydrogen) atoms. The van der Waals surface area contributed by atoms with Gasteiger partial charge in [-0.1, -0.05) is 29.8 Å². The summed E-state index contributed by atoms with van der Waals surface area (Å²) in [6.07, 6.45) is 0.778. The highest BCUT2D eigenvalue weighted by atomic mass is 35.5. The maximum Gasteiger partial charge on any atom is 0.417 e. The van der Waals surface area contributed by atoms with Gasteiger partial charge < -0.3 is 10.2 Å². The van der Waals surface area contributed by atoms with Crippen molar-refractivity contribution < 1.29 is 22.8 Å². The van der Waals surface area contributed by atoms with Gasteiger partial charge >= 0.3 is 6.18 Å². The highest BCUT2D eigenvalue weighted by Gasteiger charge is 2.33. The minimum atomic E-state index is -4.59. The van der Waals surface area contributed by atoms with Crippen LogP contribution in [0.15, 0.2) is 48.5 Å². The largest absolute Gasteiger partial charge is 0.417 e. The van der Waals surface area contributed by atoms with Crippen LogP contribution in [0.1, 0.15) is 40.7 Å². The van der Waals surface area contributed by atoms with Crippen molar-refractivity contribution in [3.05, 3.63) is 70.3 Å². The Labute approximate surface area is 177 Å². The molecule has 0 bridgehead atoms. The number of alkyl halides is 3. The topological polar surface area (TPSA) is 49.4 Å². The molecule has 1 heterocycles. The fourth-order valence-electron chi connectivity index (χ4n) is 3.26. The molecule has 0 radical (unpaired) electrons. The van der Waals surface area contributed by atoms with Gasteiger partial charge in [0.1, 0.15) is 0 Å². The number of piperidine rings is 1. The first-order valence-corrected chi connectivity index (χ1v) is 9.87. The fraction of sp³-hybridized carbons (Fsp3) is 0.273. The second-order valence-electron chi connectivity index (χ2n) is 6.96. The molecule has 0 atom stereocenters. The lowest BCUT2D eigenvalue weighted by atomic mass is 10.1. The molecule has 1 aliphatic heterocycles. The third-order valence-electron chi connectivity index (χ3n) is 4.78. The maximum absolute atomic E-state index is 13.0. The van der Waals surface area contributed by atoms with Gasteiger partial charge in [-0.05, 0) is 55.2 Å². The van der Waals surface area contributed by atoms with Crippen LogP contribution >= 0.6 is 11.6 Å². The van der Waals surface area contributed by atoms with Gasteiger partial charge in [0.05, 0.1) is 21.8 Å². The number of carbonyl (C=O) groups excluding carboxylic acids is 2. The van der Waals surface area contributed by atoms with E-state index in [0.717, 1.165) is 37.5 Å². The summed E-state index contributed by atoms with van der Waals surface area (Å²) < 4.78 is 38.9. The quantitative estimate of drug-likeness (QED) is 0.631. The molecular weight excluding hydrogens is 417 g/mol. The average Bonchev–Trinajstić information content (AvgIpc) is 2.73. The monoisotopic (exact) mass is 436 g/mol. The van der Waals surface area contributed by atoms with Crippen molar-refractivity contribution in [2.45, 2.75) is 25.4 Å². The minimum absolute atomic E-state index is 0.151. The van der Waals surface area contributed by atoms with Gasteiger partial charge in [-0.15, -0.1) is 0 Å². The molecule has 1 fully saturated rings. The number of halogens is 4. The first-order valence-electron chi connectivity index (χ1n) is 9.50. The van der Waals surface area contributed by atoms with E-state index in [2.05, 4.69) is 5.32 Å². The number of amides is 2. The Morgan fingerprint density at radius 3 is 2.43 bits per heavy atom. The molecule has 1 aliphatic rings. The predicted molar refractivity (Wildman–Crippen MR) is 110 cm³/mol. The van der Waals surface area contributed by atoms with E-state index in [9.17, 15) is 22.8 Å². The van der Waals surface area contributed by atoms with Gasteiger partial charge in [-0.3, -0.25) is 9.59 Å². The third-order valence-corrected chi connectivity index (χ3v) is 5.11. The van der Waals surface area contributed by atoms with E-state index in [1.54, 1.807) is 29.2 Å². The Hall–Kier alpha value is -2.80. The number of nitrogens with zero attached hydrogens (tertiary/aromatic N) is 1. The fourth-order valence-corrected chi connectivity index (χ4v) is 3.48. The molecule has 0 aliphatic carbocycles. The van der Waals surface area contributed by atoms with Gasteiger partial charge in [0.25, 0.3) is 5.91 Å². The first-order chi connectivity index (χ1) is 14.3. The Balaban J connectivity index is 1.73. The molecule has 4 nitrogen and oxygen atoms in total. The summed E-state index contributed by atoms with van der Waals surface area (Å²) in [7, 11) is 0. The molecule has 0 unspecified atom stereocenters. The molecule has 0 saturated carbocycles. The Morgan fingerprint density at radius 1 is 1.03 bits per heavy atom. The van der Waals surface area contributed by atoms with Crippen molar-refractivity contribution in [2.75, 3.05) is 18.4 Å². The van der Waals surface area contributed by atoms with E-state index in [1.807, 2.05) is 0 Å². The standard InChI is InChI=1S/C22H20ClF3N2O2/c23-18-10-8-15(14-17(18)22(24,25)26)9-11-20(29)27-19-7-3-2-6-16(19)21(30)28-12-4-1-5-13-28/h2-3,6-11,14H,1,4-5,12-13H2,(H,27,29)/b11-9+. The summed E-state index contributed by atoms with van der Waals surface area (Å²) in [6.45, 7) is 1.36. The highest BCUT2D eigenvalue weighted by Crippen LogP contribution is 2.35. The van der Waals surface area contributed by atoms with Gasteiger partial charge in [0.15, 0.2) is 0 Å². The lowest BCUT2D eigenvalue weighted by Crippen LogP contribution is -2.36. The molecule has 3 rings (SSSR count). The molecule has 8 heteroatoms. The van der Waals surface area contributed by atoms with Crippen molar-refractivity contribution in [1.82, 2.24) is 4.90 Å². The van der Waals surface area contributed by atoms with Crippen LogP contribution in [0, 0.1) is 0 Å². The molecule has 2 aromatic rings. The molecule has 1 N–H and O–H groups in total. The number of hydrogen-bond acceptors (Lipinski definition) is 2. The van der Waals surface area contributed by atoms with E-state index >= 15 is 0 Å². The Kier molecular flexibility index (Phi) is 6.82. The van der Waals surface area contributed by atoms with Crippen LogP contribution in [-0.4, -0.2) is 29.8 Å². The lowest BCUT2D eigenvalue weighted by Gasteiger charge is -2.27. The zero-order chi connectivity index (χ0) is 21.7. The maximum atomic E-state index is 13.0. The smallest absolute Gasteiger partial charge is 0.339 e. The summed E-state index contributed by atoms with van der Waals surface area (Å²) in [5, 5.41) is 2.23. The number of likely N-dealkylation sites (tertiary alicyclic amines) is 1. The zero-order valence-electron chi connectivity index (χ0n) is 16.0. The SMILES string of the molecule is O=C(/C=C/c1ccc(Cl)c(C(F)(F)F)c1)Nc1ccccc1C(=O)N1CCCCC1. The van der Waals surface area contributed by atoms with E-state index in [0.29, 0.717) is 24.3 Å². The number of anilines is 1. The number of nitrogens with one attached hydrogen (secondary N) is 1. The highest BCUT2D eigenvalue weighted by molar-refractivity contribution is 6.31. The van der Waals surface area contributed by atoms with E-state index in [4.69, 9.17) is 11.6 Å². The first kappa shape index (κ1) is 21.9. The van der Waals surface area contributed by atoms with Crippen LogP contribution in [0.2, 0.25) is 5.02 Å². The summed E-state index contributed by atoms with van der Waals surface area (Å²) in [5.41, 5.74) is -0.0504. The molecule has 0 aromatic heterocycles. The van der Waals surface area contributed by atoms with Crippen molar-refractivity contribution in [2.24, 2.45) is 0 Å². The van der Waals surface area contributed by atoms with Gasteiger partial charge in [0, 0.05) is 19.2 Å². The summed E-state index contributed by atoms with van der Waals surface area (Å²) in [4.78, 5) is 26.9. The van der Waals surface area contributed by atoms with Crippen molar-refractivity contribution in [3.63, 3.8) is 0 Å². The second-order valence-corrected chi connectivity index (χ2v) is 7.37. The van der Waals surface area contributed by atoms with Crippen LogP contribution in [0.4, 0.5) is 18.9 Å². The van der Waals surface area contributed by atoms with Crippen LogP contribution in [0.3, 0.4) is 0 Å². The van der Waals surface area contributed by atoms with Crippen molar-refractivity contribution in [3.8, 4) is 0 Å². The number of benzene rings is 2. The lowest BCUT2D eigenvalue weighted by molar-refractivity contribution is -0.137. The zero-order valence-corrected chi connectivity index (χ0v) is 16.8. The Morgan fingerprint density at radius 2 is 1.73 bits per heavy atom. The summed E-state index contributed by atoms with van der Waals surface area (Å²) >= 11 is 5.60. The third kappa shape index (κ3) is 5.42. The van der Waals surface area contributed by atoms with Gasteiger partial charge in [0.2, 0.25) is 5.91 Å².